The first-order valence-corrected chi connectivity index (χ1v) is 6.83. The van der Waals surface area contributed by atoms with Crippen LogP contribution in [-0.4, -0.2) is 22.4 Å². The van der Waals surface area contributed by atoms with Crippen molar-refractivity contribution in [3.63, 3.8) is 0 Å². The molecule has 0 spiro atoms. The molecule has 0 saturated heterocycles. The van der Waals surface area contributed by atoms with E-state index in [0.717, 1.165) is 0 Å². The van der Waals surface area contributed by atoms with Gasteiger partial charge in [-0.1, -0.05) is 0 Å². The third-order valence-corrected chi connectivity index (χ3v) is 2.97. The minimum absolute atomic E-state index is 0.148. The number of nitro groups is 1. The average molecular weight is 304 g/mol. The lowest BCUT2D eigenvalue weighted by atomic mass is 10.1. The third kappa shape index (κ3) is 4.45. The van der Waals surface area contributed by atoms with Crippen molar-refractivity contribution in [2.24, 2.45) is 0 Å². The van der Waals surface area contributed by atoms with Gasteiger partial charge < -0.3 is 10.6 Å². The highest BCUT2D eigenvalue weighted by molar-refractivity contribution is 5.85. The predicted molar refractivity (Wildman–Crippen MR) is 83.5 cm³/mol. The summed E-state index contributed by atoms with van der Waals surface area (Å²) >= 11 is 0. The maximum absolute atomic E-state index is 12.1. The van der Waals surface area contributed by atoms with E-state index in [9.17, 15) is 14.9 Å². The van der Waals surface area contributed by atoms with E-state index >= 15 is 0 Å². The average Bonchev–Trinajstić information content (AvgIpc) is 2.38. The second kappa shape index (κ2) is 6.43. The van der Waals surface area contributed by atoms with E-state index in [1.807, 2.05) is 26.8 Å². The van der Waals surface area contributed by atoms with Gasteiger partial charge in [-0.2, -0.15) is 5.26 Å². The van der Waals surface area contributed by atoms with Crippen LogP contribution in [0.25, 0.3) is 0 Å². The van der Waals surface area contributed by atoms with E-state index in [1.54, 1.807) is 13.8 Å². The first-order chi connectivity index (χ1) is 10.0. The van der Waals surface area contributed by atoms with Crippen molar-refractivity contribution in [1.29, 1.82) is 5.26 Å². The maximum Gasteiger partial charge on any atom is 0.275 e. The minimum atomic E-state index is -0.591. The molecule has 0 radical (unpaired) electrons. The van der Waals surface area contributed by atoms with Crippen molar-refractivity contribution in [3.05, 3.63) is 33.4 Å². The van der Waals surface area contributed by atoms with Crippen LogP contribution in [0.3, 0.4) is 0 Å². The maximum atomic E-state index is 12.1. The fourth-order valence-electron chi connectivity index (χ4n) is 1.88. The molecule has 1 amide bonds. The number of benzene rings is 1. The Hall–Kier alpha value is -2.62. The number of hydrogen-bond acceptors (Lipinski definition) is 5. The molecule has 0 fully saturated rings. The molecule has 1 aromatic rings. The monoisotopic (exact) mass is 304 g/mol. The number of nitrogens with one attached hydrogen (secondary N) is 2. The molecule has 7 heteroatoms. The van der Waals surface area contributed by atoms with E-state index in [-0.39, 0.29) is 22.7 Å². The minimum Gasteiger partial charge on any atom is -0.373 e. The zero-order valence-electron chi connectivity index (χ0n) is 13.4. The molecule has 0 aliphatic heterocycles. The molecule has 22 heavy (non-hydrogen) atoms. The lowest BCUT2D eigenvalue weighted by Crippen LogP contribution is -2.47. The van der Waals surface area contributed by atoms with Crippen LogP contribution in [0.15, 0.2) is 12.1 Å². The lowest BCUT2D eigenvalue weighted by Gasteiger charge is -2.24. The van der Waals surface area contributed by atoms with Gasteiger partial charge in [-0.15, -0.1) is 0 Å². The van der Waals surface area contributed by atoms with Gasteiger partial charge in [0.05, 0.1) is 16.6 Å². The topological polar surface area (TPSA) is 108 Å². The van der Waals surface area contributed by atoms with Gasteiger partial charge in [0.1, 0.15) is 6.04 Å². The molecule has 0 aliphatic rings. The molecule has 0 saturated carbocycles. The summed E-state index contributed by atoms with van der Waals surface area (Å²) in [6, 6.07) is 4.02. The van der Waals surface area contributed by atoms with Gasteiger partial charge in [-0.25, -0.2) is 0 Å². The molecule has 1 aromatic carbocycles. The standard InChI is InChI=1S/C15H20N4O3/c1-9-12(6-11(8-16)7-13(9)19(21)22)17-10(2)14(20)18-15(3,4)5/h6-7,10,17H,1-5H3,(H,18,20). The van der Waals surface area contributed by atoms with Gasteiger partial charge >= 0.3 is 0 Å². The summed E-state index contributed by atoms with van der Waals surface area (Å²) in [7, 11) is 0. The first-order valence-electron chi connectivity index (χ1n) is 6.83. The van der Waals surface area contributed by atoms with Crippen LogP contribution in [0.1, 0.15) is 38.8 Å². The molecule has 0 heterocycles. The van der Waals surface area contributed by atoms with Gasteiger partial charge in [0.15, 0.2) is 0 Å². The van der Waals surface area contributed by atoms with Gasteiger partial charge in [0.2, 0.25) is 5.91 Å². The summed E-state index contributed by atoms with van der Waals surface area (Å²) in [6.07, 6.45) is 0. The molecule has 2 N–H and O–H groups in total. The van der Waals surface area contributed by atoms with Crippen molar-refractivity contribution in [3.8, 4) is 6.07 Å². The van der Waals surface area contributed by atoms with Crippen LogP contribution in [0, 0.1) is 28.4 Å². The Morgan fingerprint density at radius 2 is 2.00 bits per heavy atom. The van der Waals surface area contributed by atoms with Gasteiger partial charge in [0.25, 0.3) is 5.69 Å². The summed E-state index contributed by atoms with van der Waals surface area (Å²) < 4.78 is 0. The van der Waals surface area contributed by atoms with Gasteiger partial charge in [-0.05, 0) is 40.7 Å². The van der Waals surface area contributed by atoms with Crippen LogP contribution in [0.2, 0.25) is 0 Å². The summed E-state index contributed by atoms with van der Waals surface area (Å²) in [5.74, 6) is -0.225. The zero-order chi connectivity index (χ0) is 17.1. The van der Waals surface area contributed by atoms with Gasteiger partial charge in [0, 0.05) is 22.9 Å². The van der Waals surface area contributed by atoms with Crippen molar-refractivity contribution >= 4 is 17.3 Å². The van der Waals surface area contributed by atoms with Crippen LogP contribution in [0.4, 0.5) is 11.4 Å². The molecule has 0 aliphatic carbocycles. The number of nitro benzene ring substituents is 1. The Morgan fingerprint density at radius 3 is 2.45 bits per heavy atom. The summed E-state index contributed by atoms with van der Waals surface area (Å²) in [5, 5.41) is 25.8. The number of carbonyl (C=O) groups is 1. The molecule has 0 bridgehead atoms. The number of anilines is 1. The molecular formula is C15H20N4O3. The zero-order valence-corrected chi connectivity index (χ0v) is 13.4. The SMILES string of the molecule is Cc1c(NC(C)C(=O)NC(C)(C)C)cc(C#N)cc1[N+](=O)[O-]. The summed E-state index contributed by atoms with van der Waals surface area (Å²) in [5.41, 5.74) is 0.442. The molecule has 118 valence electrons. The van der Waals surface area contributed by atoms with Crippen molar-refractivity contribution in [2.45, 2.75) is 46.2 Å². The van der Waals surface area contributed by atoms with Crippen LogP contribution < -0.4 is 10.6 Å². The van der Waals surface area contributed by atoms with Crippen LogP contribution >= 0.6 is 0 Å². The Kier molecular flexibility index (Phi) is 5.10. The van der Waals surface area contributed by atoms with E-state index in [2.05, 4.69) is 10.6 Å². The fourth-order valence-corrected chi connectivity index (χ4v) is 1.88. The van der Waals surface area contributed by atoms with Crippen LogP contribution in [0.5, 0.6) is 0 Å². The highest BCUT2D eigenvalue weighted by atomic mass is 16.6. The quantitative estimate of drug-likeness (QED) is 0.656. The number of hydrogen-bond donors (Lipinski definition) is 2. The molecule has 1 rings (SSSR count). The van der Waals surface area contributed by atoms with E-state index < -0.39 is 11.0 Å². The number of rotatable bonds is 4. The third-order valence-electron chi connectivity index (χ3n) is 2.97. The Labute approximate surface area is 129 Å². The second-order valence-corrected chi connectivity index (χ2v) is 6.14. The number of nitriles is 1. The largest absolute Gasteiger partial charge is 0.373 e. The van der Waals surface area contributed by atoms with Crippen molar-refractivity contribution in [1.82, 2.24) is 5.32 Å². The highest BCUT2D eigenvalue weighted by Gasteiger charge is 2.22. The molecule has 7 nitrogen and oxygen atoms in total. The van der Waals surface area contributed by atoms with Crippen molar-refractivity contribution < 1.29 is 9.72 Å². The number of amides is 1. The summed E-state index contributed by atoms with van der Waals surface area (Å²) in [6.45, 7) is 8.83. The fraction of sp³-hybridized carbons (Fsp3) is 0.467. The number of carbonyl (C=O) groups excluding carboxylic acids is 1. The van der Waals surface area contributed by atoms with Crippen LogP contribution in [-0.2, 0) is 4.79 Å². The van der Waals surface area contributed by atoms with Gasteiger partial charge in [-0.3, -0.25) is 14.9 Å². The predicted octanol–water partition coefficient (Wildman–Crippen LogP) is 2.49. The normalized spacial score (nSPS) is 12.2. The molecule has 1 atom stereocenters. The lowest BCUT2D eigenvalue weighted by molar-refractivity contribution is -0.385. The smallest absolute Gasteiger partial charge is 0.275 e. The van der Waals surface area contributed by atoms with E-state index in [4.69, 9.17) is 5.26 Å². The second-order valence-electron chi connectivity index (χ2n) is 6.14. The Morgan fingerprint density at radius 1 is 1.41 bits per heavy atom. The molecule has 1 unspecified atom stereocenters. The summed E-state index contributed by atoms with van der Waals surface area (Å²) in [4.78, 5) is 22.6. The first kappa shape index (κ1) is 17.4. The molecular weight excluding hydrogens is 284 g/mol. The van der Waals surface area contributed by atoms with Crippen molar-refractivity contribution in [2.75, 3.05) is 5.32 Å². The number of nitrogens with zero attached hydrogens (tertiary/aromatic N) is 2. The highest BCUT2D eigenvalue weighted by Crippen LogP contribution is 2.28. The molecule has 0 aromatic heterocycles. The Bertz CT molecular complexity index is 641. The van der Waals surface area contributed by atoms with E-state index in [1.165, 1.54) is 12.1 Å². The Balaban J connectivity index is 3.07. The van der Waals surface area contributed by atoms with E-state index in [0.29, 0.717) is 11.3 Å².